The number of rotatable bonds is 4. The van der Waals surface area contributed by atoms with E-state index in [9.17, 15) is 4.39 Å². The molecule has 0 unspecified atom stereocenters. The van der Waals surface area contributed by atoms with E-state index < -0.39 is 0 Å². The Morgan fingerprint density at radius 2 is 2.05 bits per heavy atom. The highest BCUT2D eigenvalue weighted by Crippen LogP contribution is 2.27. The molecule has 0 spiro atoms. The number of piperidine rings is 1. The number of nitrogens with two attached hydrogens (primary N) is 1. The molecule has 0 aliphatic carbocycles. The van der Waals surface area contributed by atoms with Crippen LogP contribution in [0.5, 0.6) is 0 Å². The molecule has 0 aromatic heterocycles. The quantitative estimate of drug-likeness (QED) is 0.864. The summed E-state index contributed by atoms with van der Waals surface area (Å²) in [6.07, 6.45) is 2.29. The van der Waals surface area contributed by atoms with E-state index in [1.54, 1.807) is 6.07 Å². The number of nitrogens with zero attached hydrogens (tertiary/aromatic N) is 2. The lowest BCUT2D eigenvalue weighted by Crippen LogP contribution is -2.38. The van der Waals surface area contributed by atoms with Crippen molar-refractivity contribution in [2.45, 2.75) is 12.8 Å². The summed E-state index contributed by atoms with van der Waals surface area (Å²) in [6.45, 7) is 3.07. The Labute approximate surface area is 125 Å². The highest BCUT2D eigenvalue weighted by molar-refractivity contribution is 7.80. The van der Waals surface area contributed by atoms with Crippen LogP contribution in [-0.2, 0) is 0 Å². The van der Waals surface area contributed by atoms with Gasteiger partial charge in [-0.3, -0.25) is 0 Å². The summed E-state index contributed by atoms with van der Waals surface area (Å²) < 4.78 is 13.3. The van der Waals surface area contributed by atoms with Crippen molar-refractivity contribution in [2.24, 2.45) is 11.7 Å². The van der Waals surface area contributed by atoms with Gasteiger partial charge in [0.2, 0.25) is 0 Å². The number of anilines is 1. The summed E-state index contributed by atoms with van der Waals surface area (Å²) in [5.74, 6) is 0.439. The molecule has 1 heterocycles. The first-order valence-corrected chi connectivity index (χ1v) is 7.37. The van der Waals surface area contributed by atoms with Crippen molar-refractivity contribution in [3.8, 4) is 0 Å². The van der Waals surface area contributed by atoms with Crippen LogP contribution in [0.25, 0.3) is 0 Å². The van der Waals surface area contributed by atoms with Crippen LogP contribution in [0.2, 0.25) is 0 Å². The molecule has 0 radical (unpaired) electrons. The van der Waals surface area contributed by atoms with Crippen LogP contribution in [0.15, 0.2) is 18.2 Å². The molecule has 1 saturated heterocycles. The van der Waals surface area contributed by atoms with E-state index in [1.165, 1.54) is 12.1 Å². The molecule has 2 rings (SSSR count). The predicted octanol–water partition coefficient (Wildman–Crippen LogP) is 2.24. The SMILES string of the molecule is CN(C)CC1CCN(c2ccc(F)cc2C(N)=S)CC1. The molecule has 1 aromatic rings. The molecule has 110 valence electrons. The fraction of sp³-hybridized carbons (Fsp3) is 0.533. The van der Waals surface area contributed by atoms with Crippen LogP contribution >= 0.6 is 12.2 Å². The van der Waals surface area contributed by atoms with Crippen molar-refractivity contribution < 1.29 is 4.39 Å². The maximum atomic E-state index is 13.3. The van der Waals surface area contributed by atoms with Gasteiger partial charge in [-0.25, -0.2) is 4.39 Å². The third-order valence-corrected chi connectivity index (χ3v) is 4.02. The average Bonchev–Trinajstić information content (AvgIpc) is 2.39. The van der Waals surface area contributed by atoms with Gasteiger partial charge < -0.3 is 15.5 Å². The highest BCUT2D eigenvalue weighted by Gasteiger charge is 2.22. The van der Waals surface area contributed by atoms with Gasteiger partial charge in [0.25, 0.3) is 0 Å². The molecule has 3 nitrogen and oxygen atoms in total. The summed E-state index contributed by atoms with van der Waals surface area (Å²) in [6, 6.07) is 4.70. The molecule has 0 bridgehead atoms. The second-order valence-electron chi connectivity index (χ2n) is 5.72. The van der Waals surface area contributed by atoms with Gasteiger partial charge in [0, 0.05) is 30.9 Å². The van der Waals surface area contributed by atoms with Crippen molar-refractivity contribution in [3.05, 3.63) is 29.6 Å². The van der Waals surface area contributed by atoms with Crippen LogP contribution in [-0.4, -0.2) is 43.6 Å². The van der Waals surface area contributed by atoms with Gasteiger partial charge in [0.15, 0.2) is 0 Å². The minimum Gasteiger partial charge on any atom is -0.389 e. The second kappa shape index (κ2) is 6.50. The standard InChI is InChI=1S/C15H22FN3S/c1-18(2)10-11-5-7-19(8-6-11)14-4-3-12(16)9-13(14)15(17)20/h3-4,9,11H,5-8,10H2,1-2H3,(H2,17,20). The minimum absolute atomic E-state index is 0.259. The maximum Gasteiger partial charge on any atom is 0.124 e. The van der Waals surface area contributed by atoms with Gasteiger partial charge >= 0.3 is 0 Å². The highest BCUT2D eigenvalue weighted by atomic mass is 32.1. The monoisotopic (exact) mass is 295 g/mol. The molecular weight excluding hydrogens is 273 g/mol. The molecule has 0 atom stereocenters. The zero-order valence-corrected chi connectivity index (χ0v) is 12.9. The van der Waals surface area contributed by atoms with Gasteiger partial charge in [0.05, 0.1) is 0 Å². The topological polar surface area (TPSA) is 32.5 Å². The number of halogens is 1. The lowest BCUT2D eigenvalue weighted by molar-refractivity contribution is 0.285. The van der Waals surface area contributed by atoms with E-state index in [1.807, 2.05) is 0 Å². The molecule has 5 heteroatoms. The van der Waals surface area contributed by atoms with Crippen molar-refractivity contribution in [2.75, 3.05) is 38.6 Å². The number of hydrogen-bond acceptors (Lipinski definition) is 3. The first kappa shape index (κ1) is 15.2. The summed E-state index contributed by atoms with van der Waals surface area (Å²) in [4.78, 5) is 4.76. The Morgan fingerprint density at radius 3 is 2.60 bits per heavy atom. The van der Waals surface area contributed by atoms with Crippen molar-refractivity contribution in [1.29, 1.82) is 0 Å². The van der Waals surface area contributed by atoms with Crippen LogP contribution in [0.4, 0.5) is 10.1 Å². The normalized spacial score (nSPS) is 16.7. The lowest BCUT2D eigenvalue weighted by atomic mass is 9.95. The van der Waals surface area contributed by atoms with Crippen LogP contribution in [0.3, 0.4) is 0 Å². The zero-order chi connectivity index (χ0) is 14.7. The molecule has 1 aliphatic rings. The van der Waals surface area contributed by atoms with E-state index in [0.717, 1.165) is 44.1 Å². The van der Waals surface area contributed by atoms with Crippen molar-refractivity contribution in [1.82, 2.24) is 4.90 Å². The van der Waals surface area contributed by atoms with Gasteiger partial charge in [-0.15, -0.1) is 0 Å². The second-order valence-corrected chi connectivity index (χ2v) is 6.16. The Balaban J connectivity index is 2.09. The Hall–Kier alpha value is -1.20. The van der Waals surface area contributed by atoms with E-state index in [4.69, 9.17) is 18.0 Å². The van der Waals surface area contributed by atoms with Crippen LogP contribution < -0.4 is 10.6 Å². The van der Waals surface area contributed by atoms with E-state index in [-0.39, 0.29) is 10.8 Å². The lowest BCUT2D eigenvalue weighted by Gasteiger charge is -2.35. The van der Waals surface area contributed by atoms with Crippen LogP contribution in [0.1, 0.15) is 18.4 Å². The molecule has 2 N–H and O–H groups in total. The van der Waals surface area contributed by atoms with Gasteiger partial charge in [-0.1, -0.05) is 12.2 Å². The molecular formula is C15H22FN3S. The summed E-state index contributed by atoms with van der Waals surface area (Å²) in [5, 5.41) is 0. The fourth-order valence-corrected chi connectivity index (χ4v) is 3.02. The molecule has 0 amide bonds. The van der Waals surface area contributed by atoms with E-state index >= 15 is 0 Å². The van der Waals surface area contributed by atoms with E-state index in [2.05, 4.69) is 23.9 Å². The molecule has 20 heavy (non-hydrogen) atoms. The van der Waals surface area contributed by atoms with Crippen molar-refractivity contribution in [3.63, 3.8) is 0 Å². The van der Waals surface area contributed by atoms with Gasteiger partial charge in [0.1, 0.15) is 10.8 Å². The summed E-state index contributed by atoms with van der Waals surface area (Å²) in [7, 11) is 4.22. The molecule has 1 aromatic carbocycles. The minimum atomic E-state index is -0.293. The molecule has 1 fully saturated rings. The first-order chi connectivity index (χ1) is 9.47. The largest absolute Gasteiger partial charge is 0.389 e. The molecule has 0 saturated carbocycles. The van der Waals surface area contributed by atoms with Gasteiger partial charge in [-0.05, 0) is 51.1 Å². The predicted molar refractivity (Wildman–Crippen MR) is 85.8 cm³/mol. The number of benzene rings is 1. The Kier molecular flexibility index (Phi) is 4.94. The van der Waals surface area contributed by atoms with E-state index in [0.29, 0.717) is 5.56 Å². The third-order valence-electron chi connectivity index (χ3n) is 3.80. The Morgan fingerprint density at radius 1 is 1.40 bits per heavy atom. The first-order valence-electron chi connectivity index (χ1n) is 6.96. The Bertz CT molecular complexity index is 482. The number of hydrogen-bond donors (Lipinski definition) is 1. The molecule has 1 aliphatic heterocycles. The third kappa shape index (κ3) is 3.67. The van der Waals surface area contributed by atoms with Crippen LogP contribution in [0, 0.1) is 11.7 Å². The zero-order valence-electron chi connectivity index (χ0n) is 12.1. The summed E-state index contributed by atoms with van der Waals surface area (Å²) >= 11 is 5.04. The fourth-order valence-electron chi connectivity index (χ4n) is 2.85. The summed E-state index contributed by atoms with van der Waals surface area (Å²) in [5.41, 5.74) is 7.32. The van der Waals surface area contributed by atoms with Gasteiger partial charge in [-0.2, -0.15) is 0 Å². The van der Waals surface area contributed by atoms with Crippen molar-refractivity contribution >= 4 is 22.9 Å². The maximum absolute atomic E-state index is 13.3. The number of thiocarbonyl (C=S) groups is 1. The average molecular weight is 295 g/mol. The smallest absolute Gasteiger partial charge is 0.124 e.